The van der Waals surface area contributed by atoms with Crippen molar-refractivity contribution in [3.8, 4) is 0 Å². The third-order valence-corrected chi connectivity index (χ3v) is 5.59. The first kappa shape index (κ1) is 26.1. The van der Waals surface area contributed by atoms with E-state index >= 15 is 0 Å². The maximum Gasteiger partial charge on any atom is 0.437 e. The molecule has 0 aliphatic carbocycles. The summed E-state index contributed by atoms with van der Waals surface area (Å²) >= 11 is 0. The number of likely N-dealkylation sites (tertiary alicyclic amines) is 1. The molecule has 0 spiro atoms. The highest BCUT2D eigenvalue weighted by Gasteiger charge is 2.40. The van der Waals surface area contributed by atoms with Crippen molar-refractivity contribution in [3.05, 3.63) is 16.4 Å². The van der Waals surface area contributed by atoms with E-state index in [1.54, 1.807) is 34.6 Å². The average Bonchev–Trinajstić information content (AvgIpc) is 3.40. The van der Waals surface area contributed by atoms with Gasteiger partial charge in [-0.15, -0.1) is 5.10 Å². The molecule has 2 N–H and O–H groups in total. The Labute approximate surface area is 192 Å². The van der Waals surface area contributed by atoms with Gasteiger partial charge in [0, 0.05) is 13.1 Å². The Balaban J connectivity index is 2.19. The van der Waals surface area contributed by atoms with Gasteiger partial charge in [-0.05, 0) is 31.6 Å². The number of nitrogens with one attached hydrogen (secondary N) is 2. The molecule has 3 atom stereocenters. The van der Waals surface area contributed by atoms with Crippen LogP contribution in [0.1, 0.15) is 58.1 Å². The smallest absolute Gasteiger partial charge is 0.437 e. The first-order valence-corrected chi connectivity index (χ1v) is 11.1. The van der Waals surface area contributed by atoms with E-state index in [2.05, 4.69) is 20.5 Å². The molecule has 0 bridgehead atoms. The van der Waals surface area contributed by atoms with E-state index < -0.39 is 47.6 Å². The molecule has 184 valence electrons. The summed E-state index contributed by atoms with van der Waals surface area (Å²) in [4.78, 5) is 64.0. The number of alkyl carbamates (subject to hydrolysis) is 1. The monoisotopic (exact) mass is 467 g/mol. The number of ether oxygens (including phenoxy) is 1. The molecule has 3 amide bonds. The Morgan fingerprint density at radius 3 is 2.27 bits per heavy atom. The lowest BCUT2D eigenvalue weighted by atomic mass is 9.98. The first-order chi connectivity index (χ1) is 15.5. The molecular weight excluding hydrogens is 434 g/mol. The van der Waals surface area contributed by atoms with Gasteiger partial charge in [-0.3, -0.25) is 14.4 Å². The standard InChI is InChI=1S/C21H33N5O7/c1-7-26-21(31)33-18(24-26)16(27)14(11(2)3)22-17(28)13-9-8-10-25(13)19(29)15(12(4)5)23-20(30)32-6/h11-15H,7-10H2,1-6H3,(H,22,28)(H,23,30). The number of rotatable bonds is 9. The summed E-state index contributed by atoms with van der Waals surface area (Å²) in [5.41, 5.74) is 0. The second kappa shape index (κ2) is 11.1. The van der Waals surface area contributed by atoms with Gasteiger partial charge in [0.1, 0.15) is 12.1 Å². The van der Waals surface area contributed by atoms with Crippen LogP contribution in [-0.2, 0) is 20.9 Å². The molecule has 1 fully saturated rings. The van der Waals surface area contributed by atoms with Gasteiger partial charge >= 0.3 is 11.8 Å². The zero-order valence-electron chi connectivity index (χ0n) is 19.9. The number of ketones is 1. The minimum absolute atomic E-state index is 0.234. The lowest BCUT2D eigenvalue weighted by Gasteiger charge is -2.31. The third-order valence-electron chi connectivity index (χ3n) is 5.59. The van der Waals surface area contributed by atoms with Crippen LogP contribution in [-0.4, -0.2) is 70.2 Å². The summed E-state index contributed by atoms with van der Waals surface area (Å²) < 4.78 is 10.6. The molecular formula is C21H33N5O7. The molecule has 12 heteroatoms. The topological polar surface area (TPSA) is 153 Å². The second-order valence-electron chi connectivity index (χ2n) is 8.63. The predicted molar refractivity (Wildman–Crippen MR) is 116 cm³/mol. The summed E-state index contributed by atoms with van der Waals surface area (Å²) in [6.45, 7) is 9.31. The Kier molecular flexibility index (Phi) is 8.77. The van der Waals surface area contributed by atoms with Crippen molar-refractivity contribution in [2.24, 2.45) is 11.8 Å². The van der Waals surface area contributed by atoms with E-state index in [1.807, 2.05) is 0 Å². The minimum Gasteiger partial charge on any atom is -0.453 e. The third kappa shape index (κ3) is 5.99. The lowest BCUT2D eigenvalue weighted by molar-refractivity contribution is -0.141. The van der Waals surface area contributed by atoms with Gasteiger partial charge in [0.15, 0.2) is 0 Å². The summed E-state index contributed by atoms with van der Waals surface area (Å²) in [6.07, 6.45) is 0.281. The van der Waals surface area contributed by atoms with Crippen LogP contribution in [0.15, 0.2) is 9.21 Å². The van der Waals surface area contributed by atoms with Crippen LogP contribution >= 0.6 is 0 Å². The molecule has 0 radical (unpaired) electrons. The van der Waals surface area contributed by atoms with Crippen molar-refractivity contribution >= 4 is 23.7 Å². The Morgan fingerprint density at radius 2 is 1.76 bits per heavy atom. The van der Waals surface area contributed by atoms with Crippen molar-refractivity contribution in [2.75, 3.05) is 13.7 Å². The molecule has 12 nitrogen and oxygen atoms in total. The van der Waals surface area contributed by atoms with Crippen LogP contribution in [0.3, 0.4) is 0 Å². The zero-order valence-corrected chi connectivity index (χ0v) is 19.9. The van der Waals surface area contributed by atoms with Crippen LogP contribution in [0.5, 0.6) is 0 Å². The van der Waals surface area contributed by atoms with Crippen molar-refractivity contribution in [3.63, 3.8) is 0 Å². The van der Waals surface area contributed by atoms with Crippen molar-refractivity contribution < 1.29 is 28.3 Å². The largest absolute Gasteiger partial charge is 0.453 e. The maximum absolute atomic E-state index is 13.1. The SMILES string of the molecule is CCn1nc(C(=O)C(NC(=O)C2CCCN2C(=O)C(NC(=O)OC)C(C)C)C(C)C)oc1=O. The van der Waals surface area contributed by atoms with Gasteiger partial charge in [0.05, 0.1) is 13.2 Å². The number of Topliss-reactive ketones (excluding diaryl/α,β-unsaturated/α-hetero) is 1. The molecule has 3 unspecified atom stereocenters. The first-order valence-electron chi connectivity index (χ1n) is 11.1. The van der Waals surface area contributed by atoms with Crippen molar-refractivity contribution in [1.29, 1.82) is 0 Å². The molecule has 1 aliphatic rings. The molecule has 1 saturated heterocycles. The Bertz CT molecular complexity index is 936. The van der Waals surface area contributed by atoms with E-state index in [0.717, 1.165) is 4.68 Å². The summed E-state index contributed by atoms with van der Waals surface area (Å²) in [5.74, 6) is -3.19. The Morgan fingerprint density at radius 1 is 1.12 bits per heavy atom. The summed E-state index contributed by atoms with van der Waals surface area (Å²) in [6, 6.07) is -2.65. The maximum atomic E-state index is 13.1. The minimum atomic E-state index is -0.993. The number of aromatic nitrogens is 2. The number of hydrogen-bond acceptors (Lipinski definition) is 8. The average molecular weight is 468 g/mol. The predicted octanol–water partition coefficient (Wildman–Crippen LogP) is 0.551. The molecule has 1 aliphatic heterocycles. The molecule has 2 rings (SSSR count). The molecule has 0 aromatic carbocycles. The number of hydrogen-bond donors (Lipinski definition) is 2. The Hall–Kier alpha value is -3.18. The van der Waals surface area contributed by atoms with Gasteiger partial charge in [0.25, 0.3) is 5.89 Å². The lowest BCUT2D eigenvalue weighted by Crippen LogP contribution is -2.57. The fourth-order valence-electron chi connectivity index (χ4n) is 3.70. The quantitative estimate of drug-likeness (QED) is 0.499. The van der Waals surface area contributed by atoms with Gasteiger partial charge in [0.2, 0.25) is 17.6 Å². The zero-order chi connectivity index (χ0) is 24.9. The number of aryl methyl sites for hydroxylation is 1. The fourth-order valence-corrected chi connectivity index (χ4v) is 3.70. The van der Waals surface area contributed by atoms with Gasteiger partial charge in [-0.1, -0.05) is 27.7 Å². The van der Waals surface area contributed by atoms with E-state index in [1.165, 1.54) is 12.0 Å². The number of amides is 3. The van der Waals surface area contributed by atoms with E-state index in [4.69, 9.17) is 4.42 Å². The molecule has 33 heavy (non-hydrogen) atoms. The normalized spacial score (nSPS) is 17.7. The second-order valence-corrected chi connectivity index (χ2v) is 8.63. The van der Waals surface area contributed by atoms with Gasteiger partial charge in [-0.25, -0.2) is 9.59 Å². The summed E-state index contributed by atoms with van der Waals surface area (Å²) in [7, 11) is 1.21. The van der Waals surface area contributed by atoms with Gasteiger partial charge in [-0.2, -0.15) is 4.68 Å². The van der Waals surface area contributed by atoms with Crippen LogP contribution in [0.4, 0.5) is 4.79 Å². The highest BCUT2D eigenvalue weighted by Crippen LogP contribution is 2.21. The van der Waals surface area contributed by atoms with Crippen molar-refractivity contribution in [1.82, 2.24) is 25.3 Å². The van der Waals surface area contributed by atoms with E-state index in [9.17, 15) is 24.0 Å². The number of nitrogens with zero attached hydrogens (tertiary/aromatic N) is 3. The number of carbonyl (C=O) groups excluding carboxylic acids is 4. The molecule has 1 aromatic rings. The van der Waals surface area contributed by atoms with E-state index in [0.29, 0.717) is 19.4 Å². The van der Waals surface area contributed by atoms with Crippen LogP contribution in [0.25, 0.3) is 0 Å². The van der Waals surface area contributed by atoms with Crippen molar-refractivity contribution in [2.45, 2.75) is 72.1 Å². The number of methoxy groups -OCH3 is 1. The highest BCUT2D eigenvalue weighted by atomic mass is 16.5. The van der Waals surface area contributed by atoms with E-state index in [-0.39, 0.29) is 24.3 Å². The summed E-state index contributed by atoms with van der Waals surface area (Å²) in [5, 5.41) is 9.10. The molecule has 1 aromatic heterocycles. The highest BCUT2D eigenvalue weighted by molar-refractivity contribution is 6.00. The number of carbonyl (C=O) groups is 4. The van der Waals surface area contributed by atoms with Gasteiger partial charge < -0.3 is 24.7 Å². The van der Waals surface area contributed by atoms with Crippen LogP contribution < -0.4 is 16.4 Å². The molecule has 0 saturated carbocycles. The van der Waals surface area contributed by atoms with Crippen LogP contribution in [0, 0.1) is 11.8 Å². The van der Waals surface area contributed by atoms with Crippen LogP contribution in [0.2, 0.25) is 0 Å². The molecule has 2 heterocycles. The fraction of sp³-hybridized carbons (Fsp3) is 0.714.